The van der Waals surface area contributed by atoms with Gasteiger partial charge in [-0.1, -0.05) is 6.07 Å². The maximum atomic E-state index is 12.4. The Morgan fingerprint density at radius 3 is 2.75 bits per heavy atom. The predicted octanol–water partition coefficient (Wildman–Crippen LogP) is 1.11. The van der Waals surface area contributed by atoms with Crippen LogP contribution < -0.4 is 10.6 Å². The lowest BCUT2D eigenvalue weighted by molar-refractivity contribution is 0.0620. The van der Waals surface area contributed by atoms with Gasteiger partial charge in [0, 0.05) is 31.2 Å². The molecule has 3 saturated heterocycles. The molecule has 0 aromatic heterocycles. The molecular weight excluding hydrogens is 250 g/mol. The number of amides is 1. The summed E-state index contributed by atoms with van der Waals surface area (Å²) in [6, 6.07) is 6.44. The molecule has 106 valence electrons. The van der Waals surface area contributed by atoms with Crippen molar-refractivity contribution >= 4 is 5.91 Å². The number of hydrogen-bond acceptors (Lipinski definition) is 3. The summed E-state index contributed by atoms with van der Waals surface area (Å²) in [4.78, 5) is 14.9. The van der Waals surface area contributed by atoms with Crippen LogP contribution in [0.15, 0.2) is 18.2 Å². The van der Waals surface area contributed by atoms with E-state index >= 15 is 0 Å². The van der Waals surface area contributed by atoms with Crippen LogP contribution in [-0.4, -0.2) is 36.5 Å². The zero-order valence-corrected chi connectivity index (χ0v) is 11.7. The Labute approximate surface area is 119 Å². The van der Waals surface area contributed by atoms with Gasteiger partial charge in [-0.25, -0.2) is 0 Å². The van der Waals surface area contributed by atoms with Gasteiger partial charge in [-0.05, 0) is 55.1 Å². The van der Waals surface area contributed by atoms with Crippen LogP contribution in [0.4, 0.5) is 0 Å². The quantitative estimate of drug-likeness (QED) is 0.847. The number of carbonyl (C=O) groups excluding carboxylic acids is 1. The van der Waals surface area contributed by atoms with E-state index in [0.717, 1.165) is 25.2 Å². The van der Waals surface area contributed by atoms with Crippen molar-refractivity contribution in [2.45, 2.75) is 32.0 Å². The van der Waals surface area contributed by atoms with Crippen molar-refractivity contribution in [3.63, 3.8) is 0 Å². The van der Waals surface area contributed by atoms with Gasteiger partial charge in [-0.15, -0.1) is 0 Å². The van der Waals surface area contributed by atoms with E-state index in [0.29, 0.717) is 12.0 Å². The van der Waals surface area contributed by atoms with E-state index in [-0.39, 0.29) is 5.91 Å². The molecule has 1 amide bonds. The average molecular weight is 271 g/mol. The number of fused-ring (bicyclic) bond motifs is 4. The highest BCUT2D eigenvalue weighted by Crippen LogP contribution is 2.27. The lowest BCUT2D eigenvalue weighted by Gasteiger charge is -2.44. The van der Waals surface area contributed by atoms with Crippen molar-refractivity contribution in [2.75, 3.05) is 19.6 Å². The molecule has 1 atom stereocenters. The van der Waals surface area contributed by atoms with Gasteiger partial charge >= 0.3 is 0 Å². The Morgan fingerprint density at radius 1 is 1.20 bits per heavy atom. The Morgan fingerprint density at radius 2 is 2.00 bits per heavy atom. The molecule has 4 aliphatic rings. The molecule has 5 rings (SSSR count). The Balaban J connectivity index is 1.48. The summed E-state index contributed by atoms with van der Waals surface area (Å²) in [5, 5.41) is 6.58. The zero-order valence-electron chi connectivity index (χ0n) is 11.7. The van der Waals surface area contributed by atoms with Gasteiger partial charge in [0.2, 0.25) is 0 Å². The minimum atomic E-state index is 0.0958. The number of nitrogens with zero attached hydrogens (tertiary/aromatic N) is 1. The van der Waals surface area contributed by atoms with Crippen LogP contribution in [-0.2, 0) is 13.1 Å². The van der Waals surface area contributed by atoms with Gasteiger partial charge in [0.1, 0.15) is 0 Å². The van der Waals surface area contributed by atoms with E-state index in [4.69, 9.17) is 0 Å². The van der Waals surface area contributed by atoms with Crippen molar-refractivity contribution in [1.82, 2.24) is 15.5 Å². The SMILES string of the molecule is O=C(NC1CN2CCC1CC2)c1ccc2c(c1)CNC2. The average Bonchev–Trinajstić information content (AvgIpc) is 2.96. The summed E-state index contributed by atoms with van der Waals surface area (Å²) < 4.78 is 0. The third kappa shape index (κ3) is 2.13. The summed E-state index contributed by atoms with van der Waals surface area (Å²) in [5.74, 6) is 0.776. The molecule has 1 aromatic carbocycles. The molecule has 1 unspecified atom stereocenters. The molecule has 3 fully saturated rings. The number of benzene rings is 1. The van der Waals surface area contributed by atoms with Crippen molar-refractivity contribution in [3.8, 4) is 0 Å². The van der Waals surface area contributed by atoms with Crippen LogP contribution >= 0.6 is 0 Å². The summed E-state index contributed by atoms with van der Waals surface area (Å²) in [7, 11) is 0. The van der Waals surface area contributed by atoms with E-state index in [1.807, 2.05) is 12.1 Å². The maximum absolute atomic E-state index is 12.4. The van der Waals surface area contributed by atoms with Crippen molar-refractivity contribution in [3.05, 3.63) is 34.9 Å². The highest BCUT2D eigenvalue weighted by Gasteiger charge is 2.34. The molecule has 2 N–H and O–H groups in total. The van der Waals surface area contributed by atoms with Crippen LogP contribution in [0, 0.1) is 5.92 Å². The zero-order chi connectivity index (χ0) is 13.5. The molecule has 0 saturated carbocycles. The van der Waals surface area contributed by atoms with E-state index in [2.05, 4.69) is 21.6 Å². The van der Waals surface area contributed by atoms with Crippen LogP contribution in [0.5, 0.6) is 0 Å². The minimum absolute atomic E-state index is 0.0958. The normalized spacial score (nSPS) is 31.1. The highest BCUT2D eigenvalue weighted by atomic mass is 16.1. The molecule has 0 aliphatic carbocycles. The fourth-order valence-corrected chi connectivity index (χ4v) is 3.82. The van der Waals surface area contributed by atoms with Crippen molar-refractivity contribution in [2.24, 2.45) is 5.92 Å². The second kappa shape index (κ2) is 4.86. The van der Waals surface area contributed by atoms with E-state index < -0.39 is 0 Å². The van der Waals surface area contributed by atoms with Gasteiger partial charge in [0.25, 0.3) is 5.91 Å². The summed E-state index contributed by atoms with van der Waals surface area (Å²) >= 11 is 0. The van der Waals surface area contributed by atoms with Gasteiger partial charge in [0.15, 0.2) is 0 Å². The Hall–Kier alpha value is -1.39. The molecule has 4 heterocycles. The molecule has 20 heavy (non-hydrogen) atoms. The molecule has 4 aliphatic heterocycles. The van der Waals surface area contributed by atoms with Crippen LogP contribution in [0.3, 0.4) is 0 Å². The first-order chi connectivity index (χ1) is 9.79. The number of nitrogens with one attached hydrogen (secondary N) is 2. The number of carbonyl (C=O) groups is 1. The molecule has 4 nitrogen and oxygen atoms in total. The maximum Gasteiger partial charge on any atom is 0.251 e. The van der Waals surface area contributed by atoms with E-state index in [1.54, 1.807) is 0 Å². The Bertz CT molecular complexity index is 535. The topological polar surface area (TPSA) is 44.4 Å². The fraction of sp³-hybridized carbons (Fsp3) is 0.562. The van der Waals surface area contributed by atoms with E-state index in [9.17, 15) is 4.79 Å². The summed E-state index contributed by atoms with van der Waals surface area (Å²) in [6.45, 7) is 5.26. The van der Waals surface area contributed by atoms with Gasteiger partial charge < -0.3 is 15.5 Å². The third-order valence-corrected chi connectivity index (χ3v) is 5.07. The number of hydrogen-bond donors (Lipinski definition) is 2. The van der Waals surface area contributed by atoms with Crippen LogP contribution in [0.1, 0.15) is 34.3 Å². The van der Waals surface area contributed by atoms with Crippen molar-refractivity contribution in [1.29, 1.82) is 0 Å². The molecule has 0 spiro atoms. The highest BCUT2D eigenvalue weighted by molar-refractivity contribution is 5.94. The predicted molar refractivity (Wildman–Crippen MR) is 77.4 cm³/mol. The lowest BCUT2D eigenvalue weighted by Crippen LogP contribution is -2.57. The molecular formula is C16H21N3O. The number of piperidine rings is 3. The lowest BCUT2D eigenvalue weighted by atomic mass is 9.84. The molecule has 0 radical (unpaired) electrons. The fourth-order valence-electron chi connectivity index (χ4n) is 3.82. The second-order valence-corrected chi connectivity index (χ2v) is 6.31. The monoisotopic (exact) mass is 271 g/mol. The van der Waals surface area contributed by atoms with Crippen molar-refractivity contribution < 1.29 is 4.79 Å². The smallest absolute Gasteiger partial charge is 0.251 e. The minimum Gasteiger partial charge on any atom is -0.348 e. The van der Waals surface area contributed by atoms with E-state index in [1.165, 1.54) is 37.1 Å². The standard InChI is InChI=1S/C16H21N3O/c20-16(12-1-2-13-8-17-9-14(13)7-12)18-15-10-19-5-3-11(15)4-6-19/h1-2,7,11,15,17H,3-6,8-10H2,(H,18,20). The molecule has 2 bridgehead atoms. The van der Waals surface area contributed by atoms with Crippen LogP contribution in [0.25, 0.3) is 0 Å². The molecule has 1 aromatic rings. The van der Waals surface area contributed by atoms with Gasteiger partial charge in [0.05, 0.1) is 0 Å². The summed E-state index contributed by atoms with van der Waals surface area (Å²) in [5.41, 5.74) is 3.40. The number of rotatable bonds is 2. The second-order valence-electron chi connectivity index (χ2n) is 6.31. The first-order valence-electron chi connectivity index (χ1n) is 7.65. The van der Waals surface area contributed by atoms with Gasteiger partial charge in [-0.2, -0.15) is 0 Å². The Kier molecular flexibility index (Phi) is 3.00. The van der Waals surface area contributed by atoms with Gasteiger partial charge in [-0.3, -0.25) is 4.79 Å². The summed E-state index contributed by atoms with van der Waals surface area (Å²) in [6.07, 6.45) is 2.47. The first-order valence-corrected chi connectivity index (χ1v) is 7.65. The first kappa shape index (κ1) is 12.4. The molecule has 4 heteroatoms. The van der Waals surface area contributed by atoms with Crippen LogP contribution in [0.2, 0.25) is 0 Å². The third-order valence-electron chi connectivity index (χ3n) is 5.07. The largest absolute Gasteiger partial charge is 0.348 e.